The third kappa shape index (κ3) is 3.63. The maximum atomic E-state index is 13.0. The van der Waals surface area contributed by atoms with Crippen LogP contribution in [0.2, 0.25) is 0 Å². The minimum absolute atomic E-state index is 0.0895. The van der Waals surface area contributed by atoms with Gasteiger partial charge in [-0.2, -0.15) is 8.42 Å². The fourth-order valence-electron chi connectivity index (χ4n) is 9.28. The van der Waals surface area contributed by atoms with Crippen LogP contribution in [0.5, 0.6) is 0 Å². The van der Waals surface area contributed by atoms with Crippen LogP contribution in [-0.2, 0) is 19.1 Å². The van der Waals surface area contributed by atoms with Crippen LogP contribution in [0.3, 0.4) is 0 Å². The van der Waals surface area contributed by atoms with E-state index in [0.717, 1.165) is 44.1 Å². The Morgan fingerprint density at radius 3 is 2.29 bits per heavy atom. The molecule has 0 saturated heterocycles. The summed E-state index contributed by atoms with van der Waals surface area (Å²) in [6.07, 6.45) is 9.38. The molecule has 34 heavy (non-hydrogen) atoms. The molecule has 4 nitrogen and oxygen atoms in total. The molecule has 0 aliphatic heterocycles. The van der Waals surface area contributed by atoms with Gasteiger partial charge in [-0.1, -0.05) is 38.5 Å². The van der Waals surface area contributed by atoms with E-state index in [1.807, 2.05) is 19.1 Å². The molecule has 0 bridgehead atoms. The average molecular weight is 487 g/mol. The number of hydrogen-bond donors (Lipinski definition) is 0. The SMILES string of the molecule is CC(=O)[C@H]1CC[C@H]2[C@@H]3CC[C@]4(C)C[C@@H](OS(=O)(=O)c5ccc(C)cc5)CC[C@]4(C)[C@H]3CC[C@]12C. The average Bonchev–Trinajstić information content (AvgIpc) is 3.12. The zero-order valence-corrected chi connectivity index (χ0v) is 22.4. The molecule has 8 atom stereocenters. The number of hydrogen-bond acceptors (Lipinski definition) is 4. The highest BCUT2D eigenvalue weighted by atomic mass is 32.2. The number of aryl methyl sites for hydroxylation is 1. The number of Topliss-reactive ketones (excluding diaryl/α,β-unsaturated/α-hetero) is 1. The lowest BCUT2D eigenvalue weighted by molar-refractivity contribution is -0.168. The van der Waals surface area contributed by atoms with Gasteiger partial charge in [-0.3, -0.25) is 8.98 Å². The molecule has 188 valence electrons. The van der Waals surface area contributed by atoms with Crippen LogP contribution >= 0.6 is 0 Å². The third-order valence-corrected chi connectivity index (χ3v) is 12.8. The maximum Gasteiger partial charge on any atom is 0.297 e. The van der Waals surface area contributed by atoms with Crippen molar-refractivity contribution >= 4 is 15.9 Å². The van der Waals surface area contributed by atoms with E-state index < -0.39 is 10.1 Å². The van der Waals surface area contributed by atoms with E-state index in [1.165, 1.54) is 19.3 Å². The van der Waals surface area contributed by atoms with Crippen molar-refractivity contribution in [3.63, 3.8) is 0 Å². The van der Waals surface area contributed by atoms with Gasteiger partial charge in [-0.15, -0.1) is 0 Å². The van der Waals surface area contributed by atoms with Gasteiger partial charge in [0.2, 0.25) is 0 Å². The predicted octanol–water partition coefficient (Wildman–Crippen LogP) is 6.71. The van der Waals surface area contributed by atoms with Gasteiger partial charge >= 0.3 is 0 Å². The Kier molecular flexibility index (Phi) is 5.88. The first-order valence-corrected chi connectivity index (χ1v) is 14.8. The summed E-state index contributed by atoms with van der Waals surface area (Å²) in [4.78, 5) is 12.7. The number of benzene rings is 1. The first-order valence-electron chi connectivity index (χ1n) is 13.4. The van der Waals surface area contributed by atoms with Crippen molar-refractivity contribution in [1.29, 1.82) is 0 Å². The van der Waals surface area contributed by atoms with Crippen molar-refractivity contribution in [3.8, 4) is 0 Å². The second kappa shape index (κ2) is 8.16. The molecule has 0 amide bonds. The van der Waals surface area contributed by atoms with E-state index >= 15 is 0 Å². The lowest BCUT2D eigenvalue weighted by Crippen LogP contribution is -2.58. The normalized spacial score (nSPS) is 44.1. The van der Waals surface area contributed by atoms with Crippen LogP contribution < -0.4 is 0 Å². The quantitative estimate of drug-likeness (QED) is 0.444. The molecular weight excluding hydrogens is 444 g/mol. The summed E-state index contributed by atoms with van der Waals surface area (Å²) in [5.74, 6) is 2.68. The number of carbonyl (C=O) groups is 1. The van der Waals surface area contributed by atoms with E-state index in [9.17, 15) is 13.2 Å². The van der Waals surface area contributed by atoms with Crippen LogP contribution in [-0.4, -0.2) is 20.3 Å². The largest absolute Gasteiger partial charge is 0.300 e. The second-order valence-corrected chi connectivity index (χ2v) is 14.5. The Bertz CT molecular complexity index is 1060. The molecule has 0 N–H and O–H groups in total. The molecule has 5 rings (SSSR count). The zero-order valence-electron chi connectivity index (χ0n) is 21.6. The fourth-order valence-corrected chi connectivity index (χ4v) is 10.4. The predicted molar refractivity (Wildman–Crippen MR) is 134 cm³/mol. The fraction of sp³-hybridized carbons (Fsp3) is 0.759. The van der Waals surface area contributed by atoms with E-state index in [0.29, 0.717) is 23.5 Å². The molecule has 4 aliphatic carbocycles. The Hall–Kier alpha value is -1.20. The number of rotatable bonds is 4. The van der Waals surface area contributed by atoms with Crippen LogP contribution in [0.15, 0.2) is 29.2 Å². The van der Waals surface area contributed by atoms with Crippen molar-refractivity contribution in [1.82, 2.24) is 0 Å². The molecule has 0 aromatic heterocycles. The molecule has 0 unspecified atom stereocenters. The molecule has 4 aliphatic rings. The summed E-state index contributed by atoms with van der Waals surface area (Å²) >= 11 is 0. The number of ketones is 1. The molecule has 5 heteroatoms. The van der Waals surface area contributed by atoms with Crippen molar-refractivity contribution in [3.05, 3.63) is 29.8 Å². The van der Waals surface area contributed by atoms with Crippen molar-refractivity contribution < 1.29 is 17.4 Å². The molecule has 0 heterocycles. The Labute approximate surface area is 206 Å². The number of fused-ring (bicyclic) bond motifs is 5. The van der Waals surface area contributed by atoms with E-state index in [1.54, 1.807) is 19.1 Å². The standard InChI is InChI=1S/C29H42O4S/c1-19-6-8-22(9-7-19)34(31,32)33-21-12-17-29(5)26-14-16-28(4)24(20(2)30)10-11-25(28)23(26)13-15-27(29,3)18-21/h6-9,21,23-26H,10-18H2,1-5H3/t21-,23-,24+,25-,26-,27+,28+,29+/m0/s1. The van der Waals surface area contributed by atoms with Gasteiger partial charge < -0.3 is 0 Å². The molecule has 4 fully saturated rings. The summed E-state index contributed by atoms with van der Waals surface area (Å²) in [6.45, 7) is 11.1. The zero-order chi connectivity index (χ0) is 24.5. The molecule has 1 aromatic rings. The van der Waals surface area contributed by atoms with Gasteiger partial charge in [0.05, 0.1) is 11.0 Å². The van der Waals surface area contributed by atoms with E-state index in [2.05, 4.69) is 20.8 Å². The molecular formula is C29H42O4S. The highest BCUT2D eigenvalue weighted by Crippen LogP contribution is 2.70. The topological polar surface area (TPSA) is 60.4 Å². The Morgan fingerprint density at radius 2 is 1.62 bits per heavy atom. The second-order valence-electron chi connectivity index (χ2n) is 12.9. The van der Waals surface area contributed by atoms with Gasteiger partial charge in [0.25, 0.3) is 10.1 Å². The summed E-state index contributed by atoms with van der Waals surface area (Å²) in [5, 5.41) is 0. The van der Waals surface area contributed by atoms with Gasteiger partial charge in [-0.05, 0) is 118 Å². The first kappa shape index (κ1) is 24.5. The smallest absolute Gasteiger partial charge is 0.297 e. The minimum atomic E-state index is -3.75. The van der Waals surface area contributed by atoms with Crippen molar-refractivity contribution in [2.45, 2.75) is 103 Å². The first-order chi connectivity index (χ1) is 15.9. The lowest BCUT2D eigenvalue weighted by atomic mass is 9.40. The highest BCUT2D eigenvalue weighted by Gasteiger charge is 2.64. The van der Waals surface area contributed by atoms with Gasteiger partial charge in [0.15, 0.2) is 0 Å². The molecule has 0 spiro atoms. The van der Waals surface area contributed by atoms with Crippen LogP contribution in [0.1, 0.15) is 91.0 Å². The Balaban J connectivity index is 1.34. The Morgan fingerprint density at radius 1 is 0.912 bits per heavy atom. The summed E-state index contributed by atoms with van der Waals surface area (Å²) in [6, 6.07) is 6.96. The summed E-state index contributed by atoms with van der Waals surface area (Å²) in [5.41, 5.74) is 1.52. The molecule has 1 aromatic carbocycles. The lowest BCUT2D eigenvalue weighted by Gasteiger charge is -2.65. The summed E-state index contributed by atoms with van der Waals surface area (Å²) < 4.78 is 31.8. The van der Waals surface area contributed by atoms with Crippen LogP contribution in [0.4, 0.5) is 0 Å². The van der Waals surface area contributed by atoms with Crippen molar-refractivity contribution in [2.24, 2.45) is 39.9 Å². The van der Waals surface area contributed by atoms with Crippen LogP contribution in [0, 0.1) is 46.8 Å². The molecule has 0 radical (unpaired) electrons. The maximum absolute atomic E-state index is 13.0. The van der Waals surface area contributed by atoms with Crippen molar-refractivity contribution in [2.75, 3.05) is 0 Å². The van der Waals surface area contributed by atoms with E-state index in [4.69, 9.17) is 4.18 Å². The van der Waals surface area contributed by atoms with Gasteiger partial charge in [0, 0.05) is 5.92 Å². The molecule has 4 saturated carbocycles. The monoisotopic (exact) mass is 486 g/mol. The minimum Gasteiger partial charge on any atom is -0.300 e. The van der Waals surface area contributed by atoms with Crippen LogP contribution in [0.25, 0.3) is 0 Å². The number of carbonyl (C=O) groups excluding carboxylic acids is 1. The van der Waals surface area contributed by atoms with Gasteiger partial charge in [0.1, 0.15) is 5.78 Å². The highest BCUT2D eigenvalue weighted by molar-refractivity contribution is 7.86. The van der Waals surface area contributed by atoms with Gasteiger partial charge in [-0.25, -0.2) is 0 Å². The summed E-state index contributed by atoms with van der Waals surface area (Å²) in [7, 11) is -3.75. The third-order valence-electron chi connectivity index (χ3n) is 11.4. The van der Waals surface area contributed by atoms with E-state index in [-0.39, 0.29) is 33.2 Å².